The Bertz CT molecular complexity index is 1520. The quantitative estimate of drug-likeness (QED) is 0.176. The van der Waals surface area contributed by atoms with E-state index < -0.39 is 12.0 Å². The molecule has 1 aliphatic rings. The number of carbonyl (C=O) groups excluding carboxylic acids is 1. The first-order chi connectivity index (χ1) is 19.0. The third-order valence-corrected chi connectivity index (χ3v) is 7.26. The first-order valence-corrected chi connectivity index (χ1v) is 13.7. The number of fused-ring (bicyclic) bond motifs is 1. The van der Waals surface area contributed by atoms with E-state index in [-0.39, 0.29) is 18.2 Å². The van der Waals surface area contributed by atoms with Crippen molar-refractivity contribution in [3.05, 3.63) is 87.9 Å². The summed E-state index contributed by atoms with van der Waals surface area (Å²) in [6.07, 6.45) is 8.22. The van der Waals surface area contributed by atoms with Gasteiger partial charge in [0.25, 0.3) is 5.56 Å². The van der Waals surface area contributed by atoms with Crippen molar-refractivity contribution in [1.29, 1.82) is 0 Å². The molecule has 39 heavy (non-hydrogen) atoms. The van der Waals surface area contributed by atoms with Gasteiger partial charge in [0.1, 0.15) is 0 Å². The van der Waals surface area contributed by atoms with Gasteiger partial charge in [0.15, 0.2) is 11.9 Å². The number of hydrogen-bond donors (Lipinski definition) is 1. The molecule has 0 fully saturated rings. The third-order valence-electron chi connectivity index (χ3n) is 7.26. The van der Waals surface area contributed by atoms with Crippen molar-refractivity contribution >= 4 is 5.97 Å². The smallest absolute Gasteiger partial charge is 0.335 e. The summed E-state index contributed by atoms with van der Waals surface area (Å²) in [6, 6.07) is 15.4. The fourth-order valence-electron chi connectivity index (χ4n) is 5.37. The van der Waals surface area contributed by atoms with E-state index >= 15 is 0 Å². The van der Waals surface area contributed by atoms with Crippen LogP contribution in [0.2, 0.25) is 0 Å². The molecule has 5 rings (SSSR count). The predicted octanol–water partition coefficient (Wildman–Crippen LogP) is 5.06. The first-order valence-electron chi connectivity index (χ1n) is 13.7. The number of tetrazole rings is 1. The Kier molecular flexibility index (Phi) is 7.86. The van der Waals surface area contributed by atoms with Crippen LogP contribution in [0, 0.1) is 0 Å². The number of nitrogens with zero attached hydrogens (tertiary/aromatic N) is 5. The number of aromatic nitrogens is 6. The number of esters is 1. The van der Waals surface area contributed by atoms with Crippen LogP contribution in [0.5, 0.6) is 0 Å². The van der Waals surface area contributed by atoms with Crippen LogP contribution in [-0.2, 0) is 22.4 Å². The Morgan fingerprint density at radius 3 is 2.46 bits per heavy atom. The highest BCUT2D eigenvalue weighted by atomic mass is 16.5. The zero-order valence-electron chi connectivity index (χ0n) is 22.6. The monoisotopic (exact) mass is 526 g/mol. The Labute approximate surface area is 227 Å². The number of unbranched alkanes of at least 4 members (excludes halogenated alkanes) is 2. The SMILES string of the molecule is CCCCCc1c(Cc2ccc(-c3ccccc3-c3nnn[nH]3)cc2)c(=O)n2n1C(C)C=CC2C(=O)OCC. The van der Waals surface area contributed by atoms with Gasteiger partial charge in [-0.25, -0.2) is 14.6 Å². The number of H-pyrrole nitrogens is 1. The number of nitrogens with one attached hydrogen (secondary N) is 1. The van der Waals surface area contributed by atoms with Gasteiger partial charge in [-0.15, -0.1) is 5.10 Å². The predicted molar refractivity (Wildman–Crippen MR) is 149 cm³/mol. The van der Waals surface area contributed by atoms with Gasteiger partial charge in [-0.1, -0.05) is 80.4 Å². The third kappa shape index (κ3) is 5.21. The van der Waals surface area contributed by atoms with Gasteiger partial charge in [-0.2, -0.15) is 0 Å². The normalized spacial score (nSPS) is 16.3. The maximum Gasteiger partial charge on any atom is 0.335 e. The summed E-state index contributed by atoms with van der Waals surface area (Å²) in [6.45, 7) is 6.27. The summed E-state index contributed by atoms with van der Waals surface area (Å²) in [5, 5.41) is 14.3. The van der Waals surface area contributed by atoms with Crippen molar-refractivity contribution in [2.24, 2.45) is 0 Å². The molecule has 9 nitrogen and oxygen atoms in total. The van der Waals surface area contributed by atoms with Crippen LogP contribution in [0.25, 0.3) is 22.5 Å². The molecule has 9 heteroatoms. The largest absolute Gasteiger partial charge is 0.464 e. The summed E-state index contributed by atoms with van der Waals surface area (Å²) in [5.74, 6) is 0.204. The summed E-state index contributed by atoms with van der Waals surface area (Å²) in [7, 11) is 0. The second-order valence-electron chi connectivity index (χ2n) is 9.87. The highest BCUT2D eigenvalue weighted by molar-refractivity contribution is 5.80. The number of hydrogen-bond acceptors (Lipinski definition) is 6. The van der Waals surface area contributed by atoms with Crippen LogP contribution < -0.4 is 5.56 Å². The highest BCUT2D eigenvalue weighted by Crippen LogP contribution is 2.31. The van der Waals surface area contributed by atoms with E-state index in [0.717, 1.165) is 59.2 Å². The van der Waals surface area contributed by atoms with Crippen molar-refractivity contribution in [3.63, 3.8) is 0 Å². The van der Waals surface area contributed by atoms with Gasteiger partial charge >= 0.3 is 5.97 Å². The molecule has 2 atom stereocenters. The van der Waals surface area contributed by atoms with E-state index in [2.05, 4.69) is 58.7 Å². The number of allylic oxidation sites excluding steroid dienone is 1. The summed E-state index contributed by atoms with van der Waals surface area (Å²) >= 11 is 0. The van der Waals surface area contributed by atoms with E-state index in [1.165, 1.54) is 0 Å². The lowest BCUT2D eigenvalue weighted by molar-refractivity contribution is -0.146. The van der Waals surface area contributed by atoms with E-state index in [1.807, 2.05) is 35.0 Å². The Balaban J connectivity index is 1.50. The average Bonchev–Trinajstić information content (AvgIpc) is 3.58. The lowest BCUT2D eigenvalue weighted by atomic mass is 9.96. The highest BCUT2D eigenvalue weighted by Gasteiger charge is 2.32. The molecule has 4 aromatic rings. The summed E-state index contributed by atoms with van der Waals surface area (Å²) in [5.41, 5.74) is 5.62. The minimum atomic E-state index is -0.753. The van der Waals surface area contributed by atoms with Crippen molar-refractivity contribution < 1.29 is 9.53 Å². The Morgan fingerprint density at radius 1 is 1.00 bits per heavy atom. The lowest BCUT2D eigenvalue weighted by Gasteiger charge is -2.27. The topological polar surface area (TPSA) is 108 Å². The lowest BCUT2D eigenvalue weighted by Crippen LogP contribution is -2.36. The van der Waals surface area contributed by atoms with Crippen LogP contribution >= 0.6 is 0 Å². The molecule has 2 unspecified atom stereocenters. The van der Waals surface area contributed by atoms with Crippen molar-refractivity contribution in [2.75, 3.05) is 6.61 Å². The second kappa shape index (κ2) is 11.6. The Morgan fingerprint density at radius 2 is 1.77 bits per heavy atom. The maximum atomic E-state index is 13.9. The number of benzene rings is 2. The van der Waals surface area contributed by atoms with Crippen LogP contribution in [0.3, 0.4) is 0 Å². The van der Waals surface area contributed by atoms with Gasteiger partial charge in [0.2, 0.25) is 0 Å². The zero-order valence-corrected chi connectivity index (χ0v) is 22.6. The van der Waals surface area contributed by atoms with Crippen molar-refractivity contribution in [1.82, 2.24) is 30.0 Å². The molecule has 0 bridgehead atoms. The molecule has 0 saturated heterocycles. The molecule has 1 aliphatic heterocycles. The number of aromatic amines is 1. The van der Waals surface area contributed by atoms with Crippen LogP contribution in [0.4, 0.5) is 0 Å². The van der Waals surface area contributed by atoms with Gasteiger partial charge < -0.3 is 4.74 Å². The molecule has 2 aromatic heterocycles. The second-order valence-corrected chi connectivity index (χ2v) is 9.87. The fourth-order valence-corrected chi connectivity index (χ4v) is 5.37. The van der Waals surface area contributed by atoms with E-state index in [0.29, 0.717) is 12.2 Å². The van der Waals surface area contributed by atoms with Gasteiger partial charge in [-0.05, 0) is 53.8 Å². The molecule has 202 valence electrons. The molecule has 0 aliphatic carbocycles. The van der Waals surface area contributed by atoms with Crippen LogP contribution in [-0.4, -0.2) is 42.6 Å². The fraction of sp³-hybridized carbons (Fsp3) is 0.367. The molecule has 0 saturated carbocycles. The van der Waals surface area contributed by atoms with Crippen molar-refractivity contribution in [2.45, 2.75) is 65.0 Å². The molecule has 2 aromatic carbocycles. The maximum absolute atomic E-state index is 13.9. The Hall–Kier alpha value is -4.27. The number of carbonyl (C=O) groups is 1. The zero-order chi connectivity index (χ0) is 27.4. The molecular formula is C30H34N6O3. The van der Waals surface area contributed by atoms with E-state index in [1.54, 1.807) is 17.7 Å². The van der Waals surface area contributed by atoms with Gasteiger partial charge in [0, 0.05) is 23.2 Å². The van der Waals surface area contributed by atoms with Crippen LogP contribution in [0.15, 0.2) is 65.5 Å². The molecular weight excluding hydrogens is 492 g/mol. The minimum absolute atomic E-state index is 0.0294. The molecule has 0 radical (unpaired) electrons. The van der Waals surface area contributed by atoms with Gasteiger partial charge in [0.05, 0.1) is 12.6 Å². The number of rotatable bonds is 10. The standard InChI is InChI=1S/C30H34N6O3/c1-4-6-7-12-26-25(29(37)36-27(30(38)39-5-2)18-13-20(3)35(26)36)19-21-14-16-22(17-15-21)23-10-8-9-11-24(23)28-31-33-34-32-28/h8-11,13-18,20,27H,4-7,12,19H2,1-3H3,(H,31,32,33,34). The summed E-state index contributed by atoms with van der Waals surface area (Å²) < 4.78 is 8.93. The molecule has 0 spiro atoms. The average molecular weight is 527 g/mol. The van der Waals surface area contributed by atoms with Crippen LogP contribution in [0.1, 0.15) is 68.9 Å². The molecule has 3 heterocycles. The molecule has 0 amide bonds. The summed E-state index contributed by atoms with van der Waals surface area (Å²) in [4.78, 5) is 26.7. The minimum Gasteiger partial charge on any atom is -0.464 e. The molecule has 1 N–H and O–H groups in total. The van der Waals surface area contributed by atoms with Gasteiger partial charge in [-0.3, -0.25) is 9.48 Å². The number of ether oxygens (including phenoxy) is 1. The first kappa shape index (κ1) is 26.3. The van der Waals surface area contributed by atoms with E-state index in [4.69, 9.17) is 4.74 Å². The van der Waals surface area contributed by atoms with E-state index in [9.17, 15) is 9.59 Å². The van der Waals surface area contributed by atoms with Crippen molar-refractivity contribution in [3.8, 4) is 22.5 Å².